The van der Waals surface area contributed by atoms with Gasteiger partial charge in [-0.05, 0) is 49.1 Å². The fourth-order valence-corrected chi connectivity index (χ4v) is 3.32. The molecule has 0 aliphatic carbocycles. The van der Waals surface area contributed by atoms with Crippen LogP contribution in [0.3, 0.4) is 0 Å². The number of hydrogen-bond donors (Lipinski definition) is 1. The summed E-state index contributed by atoms with van der Waals surface area (Å²) in [5.74, 6) is -0.977. The zero-order valence-electron chi connectivity index (χ0n) is 15.4. The van der Waals surface area contributed by atoms with Crippen molar-refractivity contribution in [2.24, 2.45) is 0 Å². The van der Waals surface area contributed by atoms with Crippen LogP contribution in [0.5, 0.6) is 0 Å². The van der Waals surface area contributed by atoms with Gasteiger partial charge in [-0.2, -0.15) is 18.3 Å². The van der Waals surface area contributed by atoms with Crippen LogP contribution in [0.4, 0.5) is 13.2 Å². The van der Waals surface area contributed by atoms with Gasteiger partial charge < -0.3 is 5.11 Å². The topological polar surface area (TPSA) is 55.1 Å². The molecule has 3 rings (SSSR count). The van der Waals surface area contributed by atoms with Crippen molar-refractivity contribution in [1.29, 1.82) is 0 Å². The van der Waals surface area contributed by atoms with E-state index in [1.807, 2.05) is 38.1 Å². The molecule has 2 aromatic carbocycles. The summed E-state index contributed by atoms with van der Waals surface area (Å²) in [5, 5.41) is 13.4. The van der Waals surface area contributed by atoms with Gasteiger partial charge >= 0.3 is 12.1 Å². The van der Waals surface area contributed by atoms with Gasteiger partial charge in [0.2, 0.25) is 0 Å². The van der Waals surface area contributed by atoms with Gasteiger partial charge in [0.15, 0.2) is 0 Å². The molecule has 28 heavy (non-hydrogen) atoms. The molecule has 4 nitrogen and oxygen atoms in total. The highest BCUT2D eigenvalue weighted by atomic mass is 19.4. The zero-order valence-corrected chi connectivity index (χ0v) is 15.4. The second-order valence-electron chi connectivity index (χ2n) is 6.63. The van der Waals surface area contributed by atoms with Crippen LogP contribution in [0.15, 0.2) is 48.5 Å². The van der Waals surface area contributed by atoms with E-state index in [1.54, 1.807) is 0 Å². The Kier molecular flexibility index (Phi) is 5.27. The van der Waals surface area contributed by atoms with E-state index in [0.717, 1.165) is 40.1 Å². The van der Waals surface area contributed by atoms with Crippen LogP contribution in [0.25, 0.3) is 11.1 Å². The van der Waals surface area contributed by atoms with Crippen LogP contribution in [0.2, 0.25) is 0 Å². The Morgan fingerprint density at radius 3 is 2.32 bits per heavy atom. The van der Waals surface area contributed by atoms with Crippen LogP contribution >= 0.6 is 0 Å². The molecule has 0 spiro atoms. The first-order valence-corrected chi connectivity index (χ1v) is 8.67. The van der Waals surface area contributed by atoms with Crippen LogP contribution < -0.4 is 0 Å². The van der Waals surface area contributed by atoms with Gasteiger partial charge in [-0.1, -0.05) is 36.4 Å². The van der Waals surface area contributed by atoms with Crippen LogP contribution in [0, 0.1) is 13.8 Å². The Bertz CT molecular complexity index is 1010. The Labute approximate surface area is 160 Å². The number of rotatable bonds is 5. The second kappa shape index (κ2) is 7.50. The Morgan fingerprint density at radius 1 is 1.07 bits per heavy atom. The molecule has 0 radical (unpaired) electrons. The number of halogens is 3. The fraction of sp³-hybridized carbons (Fsp3) is 0.238. The number of aliphatic carboxylic acids is 1. The molecular formula is C21H19F3N2O2. The maximum atomic E-state index is 12.8. The number of aromatic nitrogens is 2. The minimum absolute atomic E-state index is 0.228. The molecule has 0 aliphatic heterocycles. The van der Waals surface area contributed by atoms with E-state index in [9.17, 15) is 18.0 Å². The standard InChI is InChI=1S/C21H19F3N2O2/c1-13-20(14(2)26(25-13)12-19(27)28)18-6-4-3-5-16(18)11-15-7-9-17(10-8-15)21(22,23)24/h3-10H,11-12H2,1-2H3,(H,27,28). The van der Waals surface area contributed by atoms with Crippen molar-refractivity contribution in [2.75, 3.05) is 0 Å². The minimum atomic E-state index is -4.36. The number of nitrogens with zero attached hydrogens (tertiary/aromatic N) is 2. The lowest BCUT2D eigenvalue weighted by molar-refractivity contribution is -0.138. The highest BCUT2D eigenvalue weighted by Crippen LogP contribution is 2.32. The van der Waals surface area contributed by atoms with Crippen molar-refractivity contribution in [1.82, 2.24) is 9.78 Å². The average Bonchev–Trinajstić information content (AvgIpc) is 2.88. The molecule has 0 atom stereocenters. The molecule has 1 heterocycles. The number of benzene rings is 2. The molecule has 7 heteroatoms. The number of carboxylic acid groups (broad SMARTS) is 1. The van der Waals surface area contributed by atoms with E-state index in [0.29, 0.717) is 12.1 Å². The highest BCUT2D eigenvalue weighted by Gasteiger charge is 2.30. The van der Waals surface area contributed by atoms with E-state index in [-0.39, 0.29) is 6.54 Å². The molecule has 0 aliphatic rings. The largest absolute Gasteiger partial charge is 0.480 e. The van der Waals surface area contributed by atoms with Crippen LogP contribution in [-0.4, -0.2) is 20.9 Å². The van der Waals surface area contributed by atoms with E-state index >= 15 is 0 Å². The fourth-order valence-electron chi connectivity index (χ4n) is 3.32. The normalized spacial score (nSPS) is 11.6. The number of aryl methyl sites for hydroxylation is 1. The highest BCUT2D eigenvalue weighted by molar-refractivity contribution is 5.73. The van der Waals surface area contributed by atoms with Crippen molar-refractivity contribution in [3.8, 4) is 11.1 Å². The Balaban J connectivity index is 1.97. The third-order valence-electron chi connectivity index (χ3n) is 4.63. The monoisotopic (exact) mass is 388 g/mol. The lowest BCUT2D eigenvalue weighted by Crippen LogP contribution is -2.11. The molecule has 1 N–H and O–H groups in total. The number of alkyl halides is 3. The van der Waals surface area contributed by atoms with Crippen molar-refractivity contribution >= 4 is 5.97 Å². The third kappa shape index (κ3) is 4.08. The smallest absolute Gasteiger partial charge is 0.416 e. The minimum Gasteiger partial charge on any atom is -0.480 e. The van der Waals surface area contributed by atoms with Gasteiger partial charge in [0.25, 0.3) is 0 Å². The molecule has 146 valence electrons. The van der Waals surface area contributed by atoms with Crippen molar-refractivity contribution in [2.45, 2.75) is 33.0 Å². The van der Waals surface area contributed by atoms with Gasteiger partial charge in [0.05, 0.1) is 11.3 Å². The lowest BCUT2D eigenvalue weighted by atomic mass is 9.93. The first-order valence-electron chi connectivity index (χ1n) is 8.67. The van der Waals surface area contributed by atoms with Crippen molar-refractivity contribution < 1.29 is 23.1 Å². The molecule has 0 amide bonds. The second-order valence-corrected chi connectivity index (χ2v) is 6.63. The summed E-state index contributed by atoms with van der Waals surface area (Å²) in [5.41, 5.74) is 4.21. The van der Waals surface area contributed by atoms with E-state index in [2.05, 4.69) is 5.10 Å². The maximum Gasteiger partial charge on any atom is 0.416 e. The molecule has 1 aromatic heterocycles. The molecule has 0 saturated carbocycles. The Hall–Kier alpha value is -3.09. The van der Waals surface area contributed by atoms with Crippen LogP contribution in [0.1, 0.15) is 28.1 Å². The van der Waals surface area contributed by atoms with Gasteiger partial charge in [-0.15, -0.1) is 0 Å². The maximum absolute atomic E-state index is 12.8. The zero-order chi connectivity index (χ0) is 20.5. The van der Waals surface area contributed by atoms with Crippen molar-refractivity contribution in [3.05, 3.63) is 76.6 Å². The summed E-state index contributed by atoms with van der Waals surface area (Å²) in [6.07, 6.45) is -3.90. The van der Waals surface area contributed by atoms with Gasteiger partial charge in [0.1, 0.15) is 6.54 Å². The summed E-state index contributed by atoms with van der Waals surface area (Å²) >= 11 is 0. The van der Waals surface area contributed by atoms with Gasteiger partial charge in [-0.25, -0.2) is 0 Å². The van der Waals surface area contributed by atoms with E-state index < -0.39 is 17.7 Å². The number of carbonyl (C=O) groups is 1. The number of carboxylic acids is 1. The first-order chi connectivity index (χ1) is 13.2. The summed E-state index contributed by atoms with van der Waals surface area (Å²) in [6, 6.07) is 12.7. The molecule has 0 bridgehead atoms. The van der Waals surface area contributed by atoms with Gasteiger partial charge in [0, 0.05) is 11.3 Å². The lowest BCUT2D eigenvalue weighted by Gasteiger charge is -2.12. The molecule has 3 aromatic rings. The van der Waals surface area contributed by atoms with Gasteiger partial charge in [-0.3, -0.25) is 9.48 Å². The summed E-state index contributed by atoms with van der Waals surface area (Å²) < 4.78 is 39.7. The number of hydrogen-bond acceptors (Lipinski definition) is 2. The Morgan fingerprint density at radius 2 is 1.71 bits per heavy atom. The average molecular weight is 388 g/mol. The quantitative estimate of drug-likeness (QED) is 0.679. The summed E-state index contributed by atoms with van der Waals surface area (Å²) in [4.78, 5) is 11.0. The van der Waals surface area contributed by atoms with Crippen LogP contribution in [-0.2, 0) is 23.9 Å². The predicted molar refractivity (Wildman–Crippen MR) is 99.0 cm³/mol. The molecule has 0 fully saturated rings. The summed E-state index contributed by atoms with van der Waals surface area (Å²) in [6.45, 7) is 3.40. The third-order valence-corrected chi connectivity index (χ3v) is 4.63. The van der Waals surface area contributed by atoms with E-state index in [4.69, 9.17) is 5.11 Å². The molecular weight excluding hydrogens is 369 g/mol. The predicted octanol–water partition coefficient (Wildman–Crippen LogP) is 4.86. The van der Waals surface area contributed by atoms with E-state index in [1.165, 1.54) is 16.8 Å². The molecule has 0 unspecified atom stereocenters. The molecule has 0 saturated heterocycles. The summed E-state index contributed by atoms with van der Waals surface area (Å²) in [7, 11) is 0. The van der Waals surface area contributed by atoms with Crippen molar-refractivity contribution in [3.63, 3.8) is 0 Å². The first kappa shape index (κ1) is 19.7. The SMILES string of the molecule is Cc1nn(CC(=O)O)c(C)c1-c1ccccc1Cc1ccc(C(F)(F)F)cc1.